The predicted molar refractivity (Wildman–Crippen MR) is 52.3 cm³/mol. The van der Waals surface area contributed by atoms with Crippen LogP contribution >= 0.6 is 11.3 Å². The summed E-state index contributed by atoms with van der Waals surface area (Å²) in [6.07, 6.45) is 0. The van der Waals surface area contributed by atoms with Crippen LogP contribution in [0.25, 0.3) is 0 Å². The summed E-state index contributed by atoms with van der Waals surface area (Å²) in [6, 6.07) is 0.328. The second-order valence-corrected chi connectivity index (χ2v) is 4.10. The summed E-state index contributed by atoms with van der Waals surface area (Å²) < 4.78 is 4.68. The van der Waals surface area contributed by atoms with Gasteiger partial charge in [-0.3, -0.25) is 4.79 Å². The van der Waals surface area contributed by atoms with Gasteiger partial charge in [0.15, 0.2) is 5.13 Å². The molecule has 0 amide bonds. The Morgan fingerprint density at radius 2 is 2.31 bits per heavy atom. The van der Waals surface area contributed by atoms with Gasteiger partial charge in [-0.25, -0.2) is 0 Å². The number of anilines is 1. The highest BCUT2D eigenvalue weighted by Crippen LogP contribution is 2.27. The first-order chi connectivity index (χ1) is 6.13. The van der Waals surface area contributed by atoms with Gasteiger partial charge in [0.05, 0.1) is 4.88 Å². The van der Waals surface area contributed by atoms with Crippen molar-refractivity contribution in [3.8, 4) is 5.88 Å². The minimum atomic E-state index is 0.328. The number of nitrogens with zero attached hydrogens (tertiary/aromatic N) is 1. The Morgan fingerprint density at radius 3 is 2.85 bits per heavy atom. The first-order valence-corrected chi connectivity index (χ1v) is 4.79. The first kappa shape index (κ1) is 9.98. The molecular weight excluding hydrogens is 188 g/mol. The quantitative estimate of drug-likeness (QED) is 0.753. The van der Waals surface area contributed by atoms with Crippen molar-refractivity contribution >= 4 is 22.9 Å². The molecule has 72 valence electrons. The average molecular weight is 200 g/mol. The smallest absolute Gasteiger partial charge is 0.299 e. The number of rotatable bonds is 4. The average Bonchev–Trinajstić information content (AvgIpc) is 2.31. The van der Waals surface area contributed by atoms with Gasteiger partial charge in [0, 0.05) is 6.04 Å². The highest BCUT2D eigenvalue weighted by molar-refractivity contribution is 7.15. The van der Waals surface area contributed by atoms with Crippen molar-refractivity contribution < 1.29 is 9.53 Å². The summed E-state index contributed by atoms with van der Waals surface area (Å²) in [5.41, 5.74) is 0. The van der Waals surface area contributed by atoms with Gasteiger partial charge in [-0.15, -0.1) is 0 Å². The zero-order valence-corrected chi connectivity index (χ0v) is 8.64. The Kier molecular flexibility index (Phi) is 3.25. The predicted octanol–water partition coefficient (Wildman–Crippen LogP) is 1.81. The van der Waals surface area contributed by atoms with E-state index in [1.807, 2.05) is 20.8 Å². The molecule has 1 heterocycles. The lowest BCUT2D eigenvalue weighted by Crippen LogP contribution is -2.09. The van der Waals surface area contributed by atoms with Crippen molar-refractivity contribution in [1.29, 1.82) is 0 Å². The van der Waals surface area contributed by atoms with Gasteiger partial charge in [0.25, 0.3) is 6.47 Å². The van der Waals surface area contributed by atoms with E-state index in [1.54, 1.807) is 0 Å². The molecule has 4 nitrogen and oxygen atoms in total. The lowest BCUT2D eigenvalue weighted by Gasteiger charge is -2.03. The number of hydrogen-bond acceptors (Lipinski definition) is 5. The Morgan fingerprint density at radius 1 is 1.62 bits per heavy atom. The maximum absolute atomic E-state index is 10.1. The van der Waals surface area contributed by atoms with E-state index in [0.29, 0.717) is 18.4 Å². The fourth-order valence-corrected chi connectivity index (χ4v) is 1.74. The largest absolute Gasteiger partial charge is 0.408 e. The number of thiazole rings is 1. The Balaban J connectivity index is 2.75. The van der Waals surface area contributed by atoms with Gasteiger partial charge in [-0.05, 0) is 20.8 Å². The molecule has 0 bridgehead atoms. The molecule has 0 aliphatic heterocycles. The van der Waals surface area contributed by atoms with E-state index < -0.39 is 0 Å². The van der Waals surface area contributed by atoms with Crippen molar-refractivity contribution in [2.75, 3.05) is 5.32 Å². The van der Waals surface area contributed by atoms with Gasteiger partial charge in [-0.2, -0.15) is 4.98 Å². The van der Waals surface area contributed by atoms with Crippen LogP contribution in [0.3, 0.4) is 0 Å². The van der Waals surface area contributed by atoms with Crippen molar-refractivity contribution in [2.45, 2.75) is 26.8 Å². The fourth-order valence-electron chi connectivity index (χ4n) is 0.846. The van der Waals surface area contributed by atoms with E-state index in [0.717, 1.165) is 10.0 Å². The number of aromatic nitrogens is 1. The van der Waals surface area contributed by atoms with Crippen LogP contribution in [-0.4, -0.2) is 17.5 Å². The van der Waals surface area contributed by atoms with Gasteiger partial charge in [0.2, 0.25) is 5.88 Å². The second-order valence-electron chi connectivity index (χ2n) is 2.89. The van der Waals surface area contributed by atoms with Crippen molar-refractivity contribution in [3.05, 3.63) is 4.88 Å². The summed E-state index contributed by atoms with van der Waals surface area (Å²) in [4.78, 5) is 15.1. The molecule has 0 saturated heterocycles. The summed E-state index contributed by atoms with van der Waals surface area (Å²) in [7, 11) is 0. The molecule has 0 radical (unpaired) electrons. The normalized spacial score (nSPS) is 10.2. The molecule has 1 aromatic heterocycles. The molecule has 0 spiro atoms. The third-order valence-electron chi connectivity index (χ3n) is 1.33. The summed E-state index contributed by atoms with van der Waals surface area (Å²) >= 11 is 1.48. The Hall–Kier alpha value is -1.10. The van der Waals surface area contributed by atoms with Crippen LogP contribution < -0.4 is 10.1 Å². The summed E-state index contributed by atoms with van der Waals surface area (Å²) in [5.74, 6) is 0.392. The first-order valence-electron chi connectivity index (χ1n) is 3.97. The molecule has 0 aliphatic rings. The van der Waals surface area contributed by atoms with Crippen molar-refractivity contribution in [3.63, 3.8) is 0 Å². The molecule has 0 saturated carbocycles. The Labute approximate surface area is 80.9 Å². The molecular formula is C8H12N2O2S. The van der Waals surface area contributed by atoms with E-state index >= 15 is 0 Å². The maximum atomic E-state index is 10.1. The molecule has 13 heavy (non-hydrogen) atoms. The fraction of sp³-hybridized carbons (Fsp3) is 0.500. The Bertz CT molecular complexity index is 296. The standard InChI is InChI=1S/C8H12N2O2S/c1-5(2)9-8-10-7(12-4-11)6(3)13-8/h4-5H,1-3H3,(H,9,10). The van der Waals surface area contributed by atoms with E-state index in [9.17, 15) is 4.79 Å². The lowest BCUT2D eigenvalue weighted by atomic mass is 10.4. The molecule has 1 rings (SSSR count). The van der Waals surface area contributed by atoms with Gasteiger partial charge >= 0.3 is 0 Å². The molecule has 1 aromatic rings. The lowest BCUT2D eigenvalue weighted by molar-refractivity contribution is -0.120. The topological polar surface area (TPSA) is 51.2 Å². The van der Waals surface area contributed by atoms with Crippen LogP contribution in [-0.2, 0) is 4.79 Å². The summed E-state index contributed by atoms with van der Waals surface area (Å²) in [6.45, 7) is 6.30. The molecule has 5 heteroatoms. The van der Waals surface area contributed by atoms with Gasteiger partial charge in [0.1, 0.15) is 0 Å². The monoisotopic (exact) mass is 200 g/mol. The number of hydrogen-bond donors (Lipinski definition) is 1. The minimum absolute atomic E-state index is 0.328. The number of carbonyl (C=O) groups is 1. The second kappa shape index (κ2) is 4.23. The van der Waals surface area contributed by atoms with Crippen LogP contribution in [0.5, 0.6) is 5.88 Å². The van der Waals surface area contributed by atoms with Crippen molar-refractivity contribution in [2.24, 2.45) is 0 Å². The number of nitrogens with one attached hydrogen (secondary N) is 1. The van der Waals surface area contributed by atoms with E-state index in [4.69, 9.17) is 0 Å². The highest BCUT2D eigenvalue weighted by atomic mass is 32.1. The molecule has 0 atom stereocenters. The third-order valence-corrected chi connectivity index (χ3v) is 2.21. The minimum Gasteiger partial charge on any atom is -0.408 e. The zero-order valence-electron chi connectivity index (χ0n) is 7.83. The van der Waals surface area contributed by atoms with Crippen LogP contribution in [0.15, 0.2) is 0 Å². The van der Waals surface area contributed by atoms with E-state index in [2.05, 4.69) is 15.0 Å². The highest BCUT2D eigenvalue weighted by Gasteiger charge is 2.08. The van der Waals surface area contributed by atoms with Crippen LogP contribution in [0.4, 0.5) is 5.13 Å². The molecule has 0 fully saturated rings. The number of ether oxygens (including phenoxy) is 1. The van der Waals surface area contributed by atoms with Crippen LogP contribution in [0, 0.1) is 6.92 Å². The third kappa shape index (κ3) is 2.69. The molecule has 0 aromatic carbocycles. The summed E-state index contributed by atoms with van der Waals surface area (Å²) in [5, 5.41) is 3.92. The zero-order chi connectivity index (χ0) is 9.84. The molecule has 1 N–H and O–H groups in total. The van der Waals surface area contributed by atoms with Crippen LogP contribution in [0.2, 0.25) is 0 Å². The van der Waals surface area contributed by atoms with Gasteiger partial charge < -0.3 is 10.1 Å². The SMILES string of the molecule is Cc1sc(NC(C)C)nc1OC=O. The molecule has 0 aliphatic carbocycles. The number of aryl methyl sites for hydroxylation is 1. The maximum Gasteiger partial charge on any atom is 0.299 e. The van der Waals surface area contributed by atoms with E-state index in [-0.39, 0.29) is 0 Å². The van der Waals surface area contributed by atoms with Gasteiger partial charge in [-0.1, -0.05) is 11.3 Å². The van der Waals surface area contributed by atoms with E-state index in [1.165, 1.54) is 11.3 Å². The number of carbonyl (C=O) groups excluding carboxylic acids is 1. The van der Waals surface area contributed by atoms with Crippen LogP contribution in [0.1, 0.15) is 18.7 Å². The molecule has 0 unspecified atom stereocenters. The van der Waals surface area contributed by atoms with Crippen molar-refractivity contribution in [1.82, 2.24) is 4.98 Å².